The third-order valence-corrected chi connectivity index (χ3v) is 4.45. The highest BCUT2D eigenvalue weighted by Gasteiger charge is 2.21. The molecule has 0 spiro atoms. The standard InChI is InChI=1S/C18H20N2OS/c21-17(14-8-2-1-3-9-14)20-18(22)19-16-12-6-10-13-7-4-5-11-15(13)16/h4-7,10-12,14H,1-3,8-9H2,(H2,19,20,21,22). The van der Waals surface area contributed by atoms with Gasteiger partial charge in [-0.1, -0.05) is 55.7 Å². The number of hydrogen-bond donors (Lipinski definition) is 2. The lowest BCUT2D eigenvalue weighted by Gasteiger charge is -2.21. The van der Waals surface area contributed by atoms with Crippen LogP contribution in [0, 0.1) is 5.92 Å². The van der Waals surface area contributed by atoms with Crippen LogP contribution in [0.3, 0.4) is 0 Å². The molecule has 4 heteroatoms. The molecular formula is C18H20N2OS. The molecule has 0 saturated heterocycles. The van der Waals surface area contributed by atoms with Crippen LogP contribution in [0.15, 0.2) is 42.5 Å². The molecule has 1 aliphatic carbocycles. The average molecular weight is 312 g/mol. The molecule has 3 rings (SSSR count). The van der Waals surface area contributed by atoms with Gasteiger partial charge in [-0.15, -0.1) is 0 Å². The van der Waals surface area contributed by atoms with E-state index in [1.54, 1.807) is 0 Å². The van der Waals surface area contributed by atoms with Crippen LogP contribution >= 0.6 is 12.2 Å². The van der Waals surface area contributed by atoms with Crippen molar-refractivity contribution >= 4 is 39.7 Å². The Kier molecular flexibility index (Phi) is 4.68. The molecular weight excluding hydrogens is 292 g/mol. The molecule has 0 atom stereocenters. The SMILES string of the molecule is O=C(NC(=S)Nc1cccc2ccccc12)C1CCCCC1. The van der Waals surface area contributed by atoms with Crippen molar-refractivity contribution < 1.29 is 4.79 Å². The van der Waals surface area contributed by atoms with Gasteiger partial charge in [-0.3, -0.25) is 4.79 Å². The Morgan fingerprint density at radius 1 is 1.00 bits per heavy atom. The second-order valence-electron chi connectivity index (χ2n) is 5.81. The third kappa shape index (κ3) is 3.45. The number of nitrogens with one attached hydrogen (secondary N) is 2. The smallest absolute Gasteiger partial charge is 0.229 e. The van der Waals surface area contributed by atoms with Gasteiger partial charge in [0.2, 0.25) is 5.91 Å². The molecule has 2 aromatic rings. The predicted molar refractivity (Wildman–Crippen MR) is 94.9 cm³/mol. The molecule has 1 amide bonds. The number of thiocarbonyl (C=S) groups is 1. The van der Waals surface area contributed by atoms with Crippen molar-refractivity contribution in [3.05, 3.63) is 42.5 Å². The van der Waals surface area contributed by atoms with Crippen molar-refractivity contribution in [2.75, 3.05) is 5.32 Å². The lowest BCUT2D eigenvalue weighted by atomic mass is 9.89. The Hall–Kier alpha value is -1.94. The molecule has 22 heavy (non-hydrogen) atoms. The normalized spacial score (nSPS) is 15.5. The maximum atomic E-state index is 12.2. The molecule has 0 unspecified atom stereocenters. The molecule has 0 bridgehead atoms. The number of carbonyl (C=O) groups is 1. The lowest BCUT2D eigenvalue weighted by Crippen LogP contribution is -2.39. The minimum absolute atomic E-state index is 0.0532. The van der Waals surface area contributed by atoms with Gasteiger partial charge in [-0.05, 0) is 36.5 Å². The maximum absolute atomic E-state index is 12.2. The Labute approximate surface area is 136 Å². The lowest BCUT2D eigenvalue weighted by molar-refractivity contribution is -0.124. The van der Waals surface area contributed by atoms with Crippen molar-refractivity contribution in [1.82, 2.24) is 5.32 Å². The summed E-state index contributed by atoms with van der Waals surface area (Å²) in [6.45, 7) is 0. The summed E-state index contributed by atoms with van der Waals surface area (Å²) < 4.78 is 0. The van der Waals surface area contributed by atoms with Gasteiger partial charge in [0.1, 0.15) is 0 Å². The summed E-state index contributed by atoms with van der Waals surface area (Å²) in [5.74, 6) is 0.165. The van der Waals surface area contributed by atoms with E-state index >= 15 is 0 Å². The van der Waals surface area contributed by atoms with E-state index in [1.807, 2.05) is 30.3 Å². The van der Waals surface area contributed by atoms with Crippen LogP contribution in [0.25, 0.3) is 10.8 Å². The summed E-state index contributed by atoms with van der Waals surface area (Å²) in [5, 5.41) is 8.62. The van der Waals surface area contributed by atoms with Gasteiger partial charge in [-0.25, -0.2) is 0 Å². The molecule has 0 aromatic heterocycles. The first-order valence-corrected chi connectivity index (χ1v) is 8.24. The largest absolute Gasteiger partial charge is 0.332 e. The Balaban J connectivity index is 1.67. The van der Waals surface area contributed by atoms with Gasteiger partial charge in [0.15, 0.2) is 5.11 Å². The van der Waals surface area contributed by atoms with Crippen LogP contribution in [-0.4, -0.2) is 11.0 Å². The second-order valence-corrected chi connectivity index (χ2v) is 6.21. The Morgan fingerprint density at radius 3 is 2.55 bits per heavy atom. The first kappa shape index (κ1) is 15.0. The van der Waals surface area contributed by atoms with Crippen LogP contribution < -0.4 is 10.6 Å². The molecule has 1 aliphatic rings. The molecule has 0 heterocycles. The third-order valence-electron chi connectivity index (χ3n) is 4.25. The summed E-state index contributed by atoms with van der Waals surface area (Å²) in [6.07, 6.45) is 5.47. The van der Waals surface area contributed by atoms with Crippen molar-refractivity contribution in [1.29, 1.82) is 0 Å². The number of rotatable bonds is 2. The fourth-order valence-corrected chi connectivity index (χ4v) is 3.28. The van der Waals surface area contributed by atoms with E-state index in [0.717, 1.165) is 42.1 Å². The van der Waals surface area contributed by atoms with Crippen molar-refractivity contribution in [3.63, 3.8) is 0 Å². The fraction of sp³-hybridized carbons (Fsp3) is 0.333. The maximum Gasteiger partial charge on any atom is 0.229 e. The van der Waals surface area contributed by atoms with Gasteiger partial charge in [0, 0.05) is 17.0 Å². The average Bonchev–Trinajstić information content (AvgIpc) is 2.56. The molecule has 1 saturated carbocycles. The van der Waals surface area contributed by atoms with E-state index in [2.05, 4.69) is 22.8 Å². The van der Waals surface area contributed by atoms with Crippen LogP contribution in [0.1, 0.15) is 32.1 Å². The van der Waals surface area contributed by atoms with Crippen molar-refractivity contribution in [2.45, 2.75) is 32.1 Å². The molecule has 2 N–H and O–H groups in total. The second kappa shape index (κ2) is 6.88. The van der Waals surface area contributed by atoms with E-state index in [0.29, 0.717) is 5.11 Å². The topological polar surface area (TPSA) is 41.1 Å². The van der Waals surface area contributed by atoms with Gasteiger partial charge >= 0.3 is 0 Å². The van der Waals surface area contributed by atoms with Crippen LogP contribution in [0.2, 0.25) is 0 Å². The molecule has 114 valence electrons. The van der Waals surface area contributed by atoms with E-state index in [9.17, 15) is 4.79 Å². The Bertz CT molecular complexity index is 687. The Morgan fingerprint density at radius 2 is 1.73 bits per heavy atom. The minimum Gasteiger partial charge on any atom is -0.332 e. The number of anilines is 1. The summed E-state index contributed by atoms with van der Waals surface area (Å²) in [6, 6.07) is 14.1. The molecule has 3 nitrogen and oxygen atoms in total. The van der Waals surface area contributed by atoms with Crippen molar-refractivity contribution in [2.24, 2.45) is 5.92 Å². The minimum atomic E-state index is 0.0532. The van der Waals surface area contributed by atoms with Crippen LogP contribution in [0.5, 0.6) is 0 Å². The van der Waals surface area contributed by atoms with Crippen molar-refractivity contribution in [3.8, 4) is 0 Å². The van der Waals surface area contributed by atoms with Crippen LogP contribution in [0.4, 0.5) is 5.69 Å². The highest BCUT2D eigenvalue weighted by atomic mass is 32.1. The van der Waals surface area contributed by atoms with E-state index in [1.165, 1.54) is 6.42 Å². The first-order chi connectivity index (χ1) is 10.7. The zero-order valence-electron chi connectivity index (χ0n) is 12.5. The first-order valence-electron chi connectivity index (χ1n) is 7.83. The monoisotopic (exact) mass is 312 g/mol. The fourth-order valence-electron chi connectivity index (χ4n) is 3.07. The summed E-state index contributed by atoms with van der Waals surface area (Å²) >= 11 is 5.30. The van der Waals surface area contributed by atoms with E-state index in [-0.39, 0.29) is 11.8 Å². The van der Waals surface area contributed by atoms with E-state index in [4.69, 9.17) is 12.2 Å². The van der Waals surface area contributed by atoms with Gasteiger partial charge in [0.05, 0.1) is 0 Å². The number of fused-ring (bicyclic) bond motifs is 1. The predicted octanol–water partition coefficient (Wildman–Crippen LogP) is 4.23. The van der Waals surface area contributed by atoms with Crippen LogP contribution in [-0.2, 0) is 4.79 Å². The number of carbonyl (C=O) groups excluding carboxylic acids is 1. The summed E-state index contributed by atoms with van der Waals surface area (Å²) in [4.78, 5) is 12.2. The van der Waals surface area contributed by atoms with Gasteiger partial charge in [0.25, 0.3) is 0 Å². The number of amides is 1. The summed E-state index contributed by atoms with van der Waals surface area (Å²) in [5.41, 5.74) is 0.923. The summed E-state index contributed by atoms with van der Waals surface area (Å²) in [7, 11) is 0. The quantitative estimate of drug-likeness (QED) is 0.815. The highest BCUT2D eigenvalue weighted by Crippen LogP contribution is 2.24. The van der Waals surface area contributed by atoms with Gasteiger partial charge < -0.3 is 10.6 Å². The molecule has 2 aromatic carbocycles. The molecule has 0 radical (unpaired) electrons. The zero-order chi connectivity index (χ0) is 15.4. The number of benzene rings is 2. The van der Waals surface area contributed by atoms with Gasteiger partial charge in [-0.2, -0.15) is 0 Å². The molecule has 1 fully saturated rings. The van der Waals surface area contributed by atoms with E-state index < -0.39 is 0 Å². The number of hydrogen-bond acceptors (Lipinski definition) is 2. The molecule has 0 aliphatic heterocycles. The zero-order valence-corrected chi connectivity index (χ0v) is 13.3. The highest BCUT2D eigenvalue weighted by molar-refractivity contribution is 7.80.